The first-order chi connectivity index (χ1) is 4.70. The molecule has 4 atom stereocenters. The van der Waals surface area contributed by atoms with E-state index in [4.69, 9.17) is 5.73 Å². The van der Waals surface area contributed by atoms with Crippen molar-refractivity contribution in [1.29, 1.82) is 0 Å². The van der Waals surface area contributed by atoms with Crippen molar-refractivity contribution in [3.63, 3.8) is 0 Å². The van der Waals surface area contributed by atoms with Gasteiger partial charge in [0.1, 0.15) is 0 Å². The van der Waals surface area contributed by atoms with Crippen molar-refractivity contribution in [3.8, 4) is 0 Å². The van der Waals surface area contributed by atoms with Crippen LogP contribution in [-0.2, 0) is 4.79 Å². The zero-order valence-corrected chi connectivity index (χ0v) is 6.00. The fourth-order valence-electron chi connectivity index (χ4n) is 1.95. The van der Waals surface area contributed by atoms with Crippen LogP contribution >= 0.6 is 0 Å². The first kappa shape index (κ1) is 6.16. The fourth-order valence-corrected chi connectivity index (χ4v) is 1.95. The van der Waals surface area contributed by atoms with Crippen LogP contribution < -0.4 is 11.1 Å². The minimum Gasteiger partial charge on any atom is -0.368 e. The second-order valence-electron chi connectivity index (χ2n) is 3.41. The molecule has 2 rings (SSSR count). The molecule has 1 aliphatic heterocycles. The van der Waals surface area contributed by atoms with Gasteiger partial charge in [0.25, 0.3) is 0 Å². The summed E-state index contributed by atoms with van der Waals surface area (Å²) in [4.78, 5) is 10.6. The highest BCUT2D eigenvalue weighted by Gasteiger charge is 2.54. The maximum Gasteiger partial charge on any atom is 0.234 e. The number of carbonyl (C=O) groups is 1. The lowest BCUT2D eigenvalue weighted by atomic mass is 10.1. The molecular weight excluding hydrogens is 128 g/mol. The molecule has 0 aromatic heterocycles. The van der Waals surface area contributed by atoms with Crippen molar-refractivity contribution in [2.24, 2.45) is 17.6 Å². The Labute approximate surface area is 60.0 Å². The number of carbonyl (C=O) groups excluding carboxylic acids is 1. The molecule has 1 saturated carbocycles. The summed E-state index contributed by atoms with van der Waals surface area (Å²) in [6.45, 7) is 2.21. The zero-order chi connectivity index (χ0) is 7.30. The third-order valence-electron chi connectivity index (χ3n) is 2.81. The van der Waals surface area contributed by atoms with Crippen LogP contribution in [-0.4, -0.2) is 18.0 Å². The molecule has 2 aliphatic rings. The van der Waals surface area contributed by atoms with Gasteiger partial charge in [0.2, 0.25) is 5.91 Å². The van der Waals surface area contributed by atoms with Gasteiger partial charge in [0.05, 0.1) is 6.04 Å². The van der Waals surface area contributed by atoms with E-state index in [2.05, 4.69) is 12.2 Å². The number of hydrogen-bond acceptors (Lipinski definition) is 2. The maximum atomic E-state index is 10.6. The average Bonchev–Trinajstić information content (AvgIpc) is 2.38. The standard InChI is InChI=1S/C7H12N2O/c1-3-4-2-5(7(8)10)9-6(3)4/h3-6,9H,2H2,1H3,(H2,8,10). The molecule has 1 heterocycles. The van der Waals surface area contributed by atoms with E-state index >= 15 is 0 Å². The number of rotatable bonds is 1. The lowest BCUT2D eigenvalue weighted by molar-refractivity contribution is -0.119. The van der Waals surface area contributed by atoms with Crippen molar-refractivity contribution in [2.75, 3.05) is 0 Å². The number of nitrogens with one attached hydrogen (secondary N) is 1. The van der Waals surface area contributed by atoms with Gasteiger partial charge < -0.3 is 11.1 Å². The lowest BCUT2D eigenvalue weighted by Crippen LogP contribution is -2.39. The van der Waals surface area contributed by atoms with E-state index in [0.717, 1.165) is 18.3 Å². The molecule has 3 nitrogen and oxygen atoms in total. The van der Waals surface area contributed by atoms with E-state index in [9.17, 15) is 4.79 Å². The van der Waals surface area contributed by atoms with Gasteiger partial charge in [-0.05, 0) is 18.3 Å². The topological polar surface area (TPSA) is 55.1 Å². The summed E-state index contributed by atoms with van der Waals surface area (Å²) in [6.07, 6.45) is 0.959. The fraction of sp³-hybridized carbons (Fsp3) is 0.857. The number of fused-ring (bicyclic) bond motifs is 1. The van der Waals surface area contributed by atoms with E-state index in [1.807, 2.05) is 0 Å². The molecule has 1 aliphatic carbocycles. The van der Waals surface area contributed by atoms with Gasteiger partial charge in [0.15, 0.2) is 0 Å². The predicted octanol–water partition coefficient (Wildman–Crippen LogP) is -0.532. The predicted molar refractivity (Wildman–Crippen MR) is 37.2 cm³/mol. The van der Waals surface area contributed by atoms with Crippen molar-refractivity contribution in [2.45, 2.75) is 25.4 Å². The molecule has 0 aromatic rings. The van der Waals surface area contributed by atoms with E-state index < -0.39 is 0 Å². The lowest BCUT2D eigenvalue weighted by Gasteiger charge is -2.08. The third-order valence-corrected chi connectivity index (χ3v) is 2.81. The van der Waals surface area contributed by atoms with Crippen molar-refractivity contribution < 1.29 is 4.79 Å². The highest BCUT2D eigenvalue weighted by molar-refractivity contribution is 5.80. The van der Waals surface area contributed by atoms with Crippen LogP contribution in [0.5, 0.6) is 0 Å². The Morgan fingerprint density at radius 1 is 1.70 bits per heavy atom. The van der Waals surface area contributed by atoms with E-state index in [1.54, 1.807) is 0 Å². The smallest absolute Gasteiger partial charge is 0.234 e. The summed E-state index contributed by atoms with van der Waals surface area (Å²) in [7, 11) is 0. The normalized spacial score (nSPS) is 50.5. The minimum absolute atomic E-state index is 0.0359. The van der Waals surface area contributed by atoms with Gasteiger partial charge in [-0.15, -0.1) is 0 Å². The minimum atomic E-state index is -0.195. The van der Waals surface area contributed by atoms with Gasteiger partial charge in [-0.25, -0.2) is 0 Å². The largest absolute Gasteiger partial charge is 0.368 e. The van der Waals surface area contributed by atoms with Crippen LogP contribution in [0, 0.1) is 11.8 Å². The molecular formula is C7H12N2O. The third kappa shape index (κ3) is 0.669. The number of piperidine rings is 1. The van der Waals surface area contributed by atoms with E-state index in [-0.39, 0.29) is 11.9 Å². The Morgan fingerprint density at radius 2 is 2.40 bits per heavy atom. The Hall–Kier alpha value is -0.570. The average molecular weight is 140 g/mol. The number of nitrogens with two attached hydrogens (primary N) is 1. The summed E-state index contributed by atoms with van der Waals surface area (Å²) in [5, 5.41) is 3.20. The maximum absolute atomic E-state index is 10.6. The molecule has 0 aromatic carbocycles. The molecule has 0 spiro atoms. The number of hydrogen-bond donors (Lipinski definition) is 2. The van der Waals surface area contributed by atoms with Crippen LogP contribution in [0.25, 0.3) is 0 Å². The highest BCUT2D eigenvalue weighted by atomic mass is 16.1. The Balaban J connectivity index is 1.95. The van der Waals surface area contributed by atoms with Gasteiger partial charge in [-0.3, -0.25) is 4.79 Å². The molecule has 0 bridgehead atoms. The Bertz CT molecular complexity index is 168. The second-order valence-corrected chi connectivity index (χ2v) is 3.41. The molecule has 1 amide bonds. The Kier molecular flexibility index (Phi) is 1.06. The summed E-state index contributed by atoms with van der Waals surface area (Å²) in [5.74, 6) is 1.31. The molecule has 2 fully saturated rings. The summed E-state index contributed by atoms with van der Waals surface area (Å²) in [5.41, 5.74) is 5.12. The molecule has 4 unspecified atom stereocenters. The zero-order valence-electron chi connectivity index (χ0n) is 6.00. The van der Waals surface area contributed by atoms with Crippen molar-refractivity contribution in [3.05, 3.63) is 0 Å². The van der Waals surface area contributed by atoms with Gasteiger partial charge >= 0.3 is 0 Å². The van der Waals surface area contributed by atoms with Crippen LogP contribution in [0.4, 0.5) is 0 Å². The number of primary amides is 1. The van der Waals surface area contributed by atoms with Gasteiger partial charge in [-0.2, -0.15) is 0 Å². The van der Waals surface area contributed by atoms with Crippen molar-refractivity contribution >= 4 is 5.91 Å². The molecule has 1 saturated heterocycles. The summed E-state index contributed by atoms with van der Waals surface area (Å²) < 4.78 is 0. The quantitative estimate of drug-likeness (QED) is 0.514. The van der Waals surface area contributed by atoms with Crippen molar-refractivity contribution in [1.82, 2.24) is 5.32 Å². The number of amides is 1. The monoisotopic (exact) mass is 140 g/mol. The van der Waals surface area contributed by atoms with Gasteiger partial charge in [0, 0.05) is 6.04 Å². The first-order valence-electron chi connectivity index (χ1n) is 3.75. The molecule has 56 valence electrons. The van der Waals surface area contributed by atoms with Crippen LogP contribution in [0.1, 0.15) is 13.3 Å². The Morgan fingerprint density at radius 3 is 2.80 bits per heavy atom. The second kappa shape index (κ2) is 1.72. The van der Waals surface area contributed by atoms with Crippen LogP contribution in [0.15, 0.2) is 0 Å². The highest BCUT2D eigenvalue weighted by Crippen LogP contribution is 2.46. The van der Waals surface area contributed by atoms with E-state index in [1.165, 1.54) is 0 Å². The molecule has 10 heavy (non-hydrogen) atoms. The van der Waals surface area contributed by atoms with Gasteiger partial charge in [-0.1, -0.05) is 6.92 Å². The van der Waals surface area contributed by atoms with E-state index in [0.29, 0.717) is 6.04 Å². The molecule has 0 radical (unpaired) electrons. The first-order valence-corrected chi connectivity index (χ1v) is 3.75. The summed E-state index contributed by atoms with van der Waals surface area (Å²) >= 11 is 0. The molecule has 3 N–H and O–H groups in total. The van der Waals surface area contributed by atoms with Crippen LogP contribution in [0.3, 0.4) is 0 Å². The molecule has 3 heteroatoms. The summed E-state index contributed by atoms with van der Waals surface area (Å²) in [6, 6.07) is 0.559. The van der Waals surface area contributed by atoms with Crippen LogP contribution in [0.2, 0.25) is 0 Å². The SMILES string of the molecule is CC1C2CC(C(N)=O)NC12.